The van der Waals surface area contributed by atoms with Gasteiger partial charge in [0.05, 0.1) is 19.8 Å². The van der Waals surface area contributed by atoms with Crippen molar-refractivity contribution in [1.29, 1.82) is 0 Å². The van der Waals surface area contributed by atoms with Crippen molar-refractivity contribution >= 4 is 5.82 Å². The molecule has 18 heavy (non-hydrogen) atoms. The van der Waals surface area contributed by atoms with E-state index in [9.17, 15) is 0 Å². The first-order valence-electron chi connectivity index (χ1n) is 6.17. The molecular weight excluding hydrogens is 234 g/mol. The fraction of sp³-hybridized carbons (Fsp3) is 0.667. The number of aliphatic hydroxyl groups excluding tert-OH is 1. The summed E-state index contributed by atoms with van der Waals surface area (Å²) in [4.78, 5) is 8.43. The predicted octanol–water partition coefficient (Wildman–Crippen LogP) is 0.995. The molecule has 0 spiro atoms. The number of nitrogens with zero attached hydrogens (tertiary/aromatic N) is 2. The quantitative estimate of drug-likeness (QED) is 0.641. The van der Waals surface area contributed by atoms with E-state index in [-0.39, 0.29) is 6.61 Å². The fourth-order valence-corrected chi connectivity index (χ4v) is 1.41. The van der Waals surface area contributed by atoms with Gasteiger partial charge in [-0.25, -0.2) is 4.98 Å². The molecule has 0 radical (unpaired) electrons. The highest BCUT2D eigenvalue weighted by molar-refractivity contribution is 5.38. The number of hydrogen-bond donors (Lipinski definition) is 2. The van der Waals surface area contributed by atoms with E-state index in [4.69, 9.17) is 14.6 Å². The largest absolute Gasteiger partial charge is 0.478 e. The van der Waals surface area contributed by atoms with E-state index in [0.717, 1.165) is 18.8 Å². The standard InChI is InChI=1S/C12H21N3O3/c1-3-18-12-9-11(14-10(2)15-12)13-5-4-7-17-8-6-16/h9,16H,3-8H2,1-2H3,(H,13,14,15). The molecule has 0 aliphatic rings. The van der Waals surface area contributed by atoms with Gasteiger partial charge in [0.2, 0.25) is 5.88 Å². The Balaban J connectivity index is 2.32. The van der Waals surface area contributed by atoms with Gasteiger partial charge in [0.1, 0.15) is 11.6 Å². The van der Waals surface area contributed by atoms with Crippen molar-refractivity contribution in [2.75, 3.05) is 38.3 Å². The summed E-state index contributed by atoms with van der Waals surface area (Å²) in [5.41, 5.74) is 0. The Bertz CT molecular complexity index is 347. The number of aromatic nitrogens is 2. The Hall–Kier alpha value is -1.40. The Morgan fingerprint density at radius 1 is 1.33 bits per heavy atom. The molecule has 0 bridgehead atoms. The molecule has 6 heteroatoms. The van der Waals surface area contributed by atoms with Crippen molar-refractivity contribution in [3.63, 3.8) is 0 Å². The molecular formula is C12H21N3O3. The first-order chi connectivity index (χ1) is 8.76. The van der Waals surface area contributed by atoms with E-state index >= 15 is 0 Å². The third-order valence-corrected chi connectivity index (χ3v) is 2.11. The molecule has 0 saturated heterocycles. The molecule has 2 N–H and O–H groups in total. The van der Waals surface area contributed by atoms with Gasteiger partial charge in [-0.15, -0.1) is 0 Å². The van der Waals surface area contributed by atoms with E-state index < -0.39 is 0 Å². The number of ether oxygens (including phenoxy) is 2. The number of aryl methyl sites for hydroxylation is 1. The SMILES string of the molecule is CCOc1cc(NCCCOCCO)nc(C)n1. The van der Waals surface area contributed by atoms with Gasteiger partial charge in [-0.3, -0.25) is 0 Å². The lowest BCUT2D eigenvalue weighted by Crippen LogP contribution is -2.09. The monoisotopic (exact) mass is 255 g/mol. The maximum Gasteiger partial charge on any atom is 0.218 e. The van der Waals surface area contributed by atoms with Gasteiger partial charge in [-0.1, -0.05) is 0 Å². The highest BCUT2D eigenvalue weighted by Crippen LogP contribution is 2.13. The van der Waals surface area contributed by atoms with Gasteiger partial charge >= 0.3 is 0 Å². The summed E-state index contributed by atoms with van der Waals surface area (Å²) >= 11 is 0. The van der Waals surface area contributed by atoms with Crippen molar-refractivity contribution in [3.8, 4) is 5.88 Å². The lowest BCUT2D eigenvalue weighted by molar-refractivity contribution is 0.0922. The second-order valence-corrected chi connectivity index (χ2v) is 3.69. The van der Waals surface area contributed by atoms with Crippen LogP contribution in [0.15, 0.2) is 6.07 Å². The molecule has 102 valence electrons. The van der Waals surface area contributed by atoms with Crippen LogP contribution >= 0.6 is 0 Å². The summed E-state index contributed by atoms with van der Waals surface area (Å²) in [6.07, 6.45) is 0.854. The first kappa shape index (κ1) is 14.7. The molecule has 6 nitrogen and oxygen atoms in total. The van der Waals surface area contributed by atoms with Crippen LogP contribution in [0.4, 0.5) is 5.82 Å². The summed E-state index contributed by atoms with van der Waals surface area (Å²) in [7, 11) is 0. The van der Waals surface area contributed by atoms with E-state index in [0.29, 0.717) is 31.5 Å². The van der Waals surface area contributed by atoms with Crippen molar-refractivity contribution in [1.82, 2.24) is 9.97 Å². The minimum Gasteiger partial charge on any atom is -0.478 e. The van der Waals surface area contributed by atoms with Crippen molar-refractivity contribution in [2.45, 2.75) is 20.3 Å². The number of nitrogens with one attached hydrogen (secondary N) is 1. The predicted molar refractivity (Wildman–Crippen MR) is 68.9 cm³/mol. The smallest absolute Gasteiger partial charge is 0.218 e. The van der Waals surface area contributed by atoms with Crippen LogP contribution in [-0.2, 0) is 4.74 Å². The van der Waals surface area contributed by atoms with Crippen LogP contribution in [0.1, 0.15) is 19.2 Å². The molecule has 0 aliphatic heterocycles. The van der Waals surface area contributed by atoms with Gasteiger partial charge in [-0.05, 0) is 20.3 Å². The normalized spacial score (nSPS) is 10.4. The molecule has 0 aliphatic carbocycles. The summed E-state index contributed by atoms with van der Waals surface area (Å²) in [6, 6.07) is 1.78. The minimum atomic E-state index is 0.0657. The molecule has 0 unspecified atom stereocenters. The maximum atomic E-state index is 8.54. The van der Waals surface area contributed by atoms with E-state index in [1.54, 1.807) is 6.07 Å². The maximum absolute atomic E-state index is 8.54. The Labute approximate surface area is 107 Å². The topological polar surface area (TPSA) is 76.5 Å². The Kier molecular flexibility index (Phi) is 7.05. The van der Waals surface area contributed by atoms with Gasteiger partial charge in [0.15, 0.2) is 0 Å². The summed E-state index contributed by atoms with van der Waals surface area (Å²) < 4.78 is 10.5. The molecule has 0 aromatic carbocycles. The molecule has 0 atom stereocenters. The van der Waals surface area contributed by atoms with Gasteiger partial charge in [0, 0.05) is 19.2 Å². The van der Waals surface area contributed by atoms with Crippen LogP contribution in [0, 0.1) is 6.92 Å². The molecule has 0 saturated carbocycles. The van der Waals surface area contributed by atoms with Crippen molar-refractivity contribution in [3.05, 3.63) is 11.9 Å². The zero-order valence-electron chi connectivity index (χ0n) is 11.0. The average molecular weight is 255 g/mol. The van der Waals surface area contributed by atoms with Gasteiger partial charge in [-0.2, -0.15) is 4.98 Å². The van der Waals surface area contributed by atoms with E-state index in [2.05, 4.69) is 15.3 Å². The van der Waals surface area contributed by atoms with Crippen LogP contribution in [0.25, 0.3) is 0 Å². The summed E-state index contributed by atoms with van der Waals surface area (Å²) in [5.74, 6) is 2.03. The highest BCUT2D eigenvalue weighted by Gasteiger charge is 2.01. The zero-order valence-corrected chi connectivity index (χ0v) is 11.0. The molecule has 1 heterocycles. The van der Waals surface area contributed by atoms with E-state index in [1.165, 1.54) is 0 Å². The lowest BCUT2D eigenvalue weighted by atomic mass is 10.4. The molecule has 0 amide bonds. The van der Waals surface area contributed by atoms with Crippen LogP contribution in [0.2, 0.25) is 0 Å². The summed E-state index contributed by atoms with van der Waals surface area (Å²) in [5, 5.41) is 11.7. The molecule has 1 aromatic heterocycles. The fourth-order valence-electron chi connectivity index (χ4n) is 1.41. The first-order valence-corrected chi connectivity index (χ1v) is 6.17. The molecule has 0 fully saturated rings. The van der Waals surface area contributed by atoms with Crippen LogP contribution < -0.4 is 10.1 Å². The lowest BCUT2D eigenvalue weighted by Gasteiger charge is -2.08. The van der Waals surface area contributed by atoms with Gasteiger partial charge in [0.25, 0.3) is 0 Å². The van der Waals surface area contributed by atoms with Crippen molar-refractivity contribution in [2.24, 2.45) is 0 Å². The highest BCUT2D eigenvalue weighted by atomic mass is 16.5. The Morgan fingerprint density at radius 3 is 2.89 bits per heavy atom. The summed E-state index contributed by atoms with van der Waals surface area (Å²) in [6.45, 7) is 6.17. The second-order valence-electron chi connectivity index (χ2n) is 3.69. The zero-order chi connectivity index (χ0) is 13.2. The molecule has 1 rings (SSSR count). The van der Waals surface area contributed by atoms with Crippen LogP contribution in [0.3, 0.4) is 0 Å². The Morgan fingerprint density at radius 2 is 2.17 bits per heavy atom. The number of anilines is 1. The number of aliphatic hydroxyl groups is 1. The minimum absolute atomic E-state index is 0.0657. The number of hydrogen-bond acceptors (Lipinski definition) is 6. The number of rotatable bonds is 9. The average Bonchev–Trinajstić information content (AvgIpc) is 2.33. The van der Waals surface area contributed by atoms with Gasteiger partial charge < -0.3 is 19.9 Å². The second kappa shape index (κ2) is 8.66. The third kappa shape index (κ3) is 5.79. The van der Waals surface area contributed by atoms with Crippen LogP contribution in [0.5, 0.6) is 5.88 Å². The third-order valence-electron chi connectivity index (χ3n) is 2.11. The van der Waals surface area contributed by atoms with E-state index in [1.807, 2.05) is 13.8 Å². The van der Waals surface area contributed by atoms with Crippen molar-refractivity contribution < 1.29 is 14.6 Å². The molecule has 1 aromatic rings. The van der Waals surface area contributed by atoms with Crippen LogP contribution in [-0.4, -0.2) is 48.0 Å².